The minimum Gasteiger partial charge on any atom is -0.405 e. The van der Waals surface area contributed by atoms with Crippen molar-refractivity contribution in [3.8, 4) is 5.69 Å². The van der Waals surface area contributed by atoms with Gasteiger partial charge in [0.15, 0.2) is 11.5 Å². The van der Waals surface area contributed by atoms with E-state index in [-0.39, 0.29) is 34.3 Å². The van der Waals surface area contributed by atoms with Crippen LogP contribution in [0.3, 0.4) is 0 Å². The molecule has 4 rings (SSSR count). The Labute approximate surface area is 184 Å². The molecule has 1 aliphatic rings. The number of carbonyl (C=O) groups excluding carboxylic acids is 1. The number of hydrogen-bond acceptors (Lipinski definition) is 5. The van der Waals surface area contributed by atoms with E-state index in [2.05, 4.69) is 10.1 Å². The molecule has 1 atom stereocenters. The first-order chi connectivity index (χ1) is 15.5. The van der Waals surface area contributed by atoms with E-state index in [1.807, 2.05) is 25.1 Å². The van der Waals surface area contributed by atoms with Crippen molar-refractivity contribution >= 4 is 23.0 Å². The zero-order valence-corrected chi connectivity index (χ0v) is 17.5. The van der Waals surface area contributed by atoms with Gasteiger partial charge in [-0.1, -0.05) is 25.1 Å². The third-order valence-corrected chi connectivity index (χ3v) is 5.27. The highest BCUT2D eigenvalue weighted by Crippen LogP contribution is 2.27. The number of para-hydroxylation sites is 1. The Morgan fingerprint density at radius 2 is 1.97 bits per heavy atom. The predicted molar refractivity (Wildman–Crippen MR) is 122 cm³/mol. The zero-order valence-electron chi connectivity index (χ0n) is 17.5. The number of nitrogens with two attached hydrogens (primary N) is 1. The SMILES string of the molecule is CC1CCN(c2ccc(-n3ccc(=O)c(C(C=CN)=Nc4ccccc4)n3)c(F)c2)C1=O. The molecule has 7 nitrogen and oxygen atoms in total. The number of anilines is 1. The Morgan fingerprint density at radius 1 is 1.19 bits per heavy atom. The second-order valence-corrected chi connectivity index (χ2v) is 7.48. The smallest absolute Gasteiger partial charge is 0.229 e. The van der Waals surface area contributed by atoms with Crippen LogP contribution in [0.5, 0.6) is 0 Å². The average molecular weight is 431 g/mol. The molecule has 1 unspecified atom stereocenters. The topological polar surface area (TPSA) is 93.6 Å². The van der Waals surface area contributed by atoms with E-state index in [9.17, 15) is 9.59 Å². The molecular formula is C24H22FN5O2. The first kappa shape index (κ1) is 21.2. The minimum atomic E-state index is -0.562. The van der Waals surface area contributed by atoms with Crippen LogP contribution in [0.4, 0.5) is 15.8 Å². The molecule has 0 bridgehead atoms. The van der Waals surface area contributed by atoms with Crippen LogP contribution in [-0.2, 0) is 4.79 Å². The van der Waals surface area contributed by atoms with Crippen LogP contribution in [-0.4, -0.2) is 27.9 Å². The van der Waals surface area contributed by atoms with Gasteiger partial charge >= 0.3 is 0 Å². The summed E-state index contributed by atoms with van der Waals surface area (Å²) in [6, 6.07) is 14.9. The lowest BCUT2D eigenvalue weighted by Crippen LogP contribution is -2.26. The Hall–Kier alpha value is -4.07. The maximum absolute atomic E-state index is 15.0. The Balaban J connectivity index is 1.73. The van der Waals surface area contributed by atoms with Gasteiger partial charge in [-0.25, -0.2) is 14.1 Å². The van der Waals surface area contributed by atoms with Gasteiger partial charge in [0.05, 0.1) is 11.4 Å². The molecule has 1 saturated heterocycles. The Kier molecular flexibility index (Phi) is 5.93. The highest BCUT2D eigenvalue weighted by Gasteiger charge is 2.29. The number of halogens is 1. The van der Waals surface area contributed by atoms with Crippen molar-refractivity contribution in [2.75, 3.05) is 11.4 Å². The lowest BCUT2D eigenvalue weighted by Gasteiger charge is -2.17. The van der Waals surface area contributed by atoms with Gasteiger partial charge in [-0.05, 0) is 49.0 Å². The maximum atomic E-state index is 15.0. The van der Waals surface area contributed by atoms with E-state index < -0.39 is 5.82 Å². The van der Waals surface area contributed by atoms with Crippen molar-refractivity contribution < 1.29 is 9.18 Å². The molecule has 2 heterocycles. The lowest BCUT2D eigenvalue weighted by molar-refractivity contribution is -0.119. The monoisotopic (exact) mass is 431 g/mol. The number of aliphatic imine (C=N–C) groups is 1. The highest BCUT2D eigenvalue weighted by atomic mass is 19.1. The summed E-state index contributed by atoms with van der Waals surface area (Å²) in [5.41, 5.74) is 6.73. The van der Waals surface area contributed by atoms with E-state index in [0.29, 0.717) is 17.9 Å². The number of allylic oxidation sites excluding steroid dienone is 1. The summed E-state index contributed by atoms with van der Waals surface area (Å²) in [7, 11) is 0. The van der Waals surface area contributed by atoms with Crippen LogP contribution < -0.4 is 16.1 Å². The van der Waals surface area contributed by atoms with Crippen LogP contribution in [0, 0.1) is 11.7 Å². The Morgan fingerprint density at radius 3 is 2.62 bits per heavy atom. The number of nitrogens with zero attached hydrogens (tertiary/aromatic N) is 4. The molecule has 32 heavy (non-hydrogen) atoms. The summed E-state index contributed by atoms with van der Waals surface area (Å²) in [6.45, 7) is 2.42. The predicted octanol–water partition coefficient (Wildman–Crippen LogP) is 3.34. The molecular weight excluding hydrogens is 409 g/mol. The molecule has 0 aliphatic carbocycles. The largest absolute Gasteiger partial charge is 0.405 e. The van der Waals surface area contributed by atoms with Gasteiger partial charge in [0.25, 0.3) is 0 Å². The van der Waals surface area contributed by atoms with Gasteiger partial charge < -0.3 is 10.6 Å². The first-order valence-electron chi connectivity index (χ1n) is 10.2. The van der Waals surface area contributed by atoms with Gasteiger partial charge in [0, 0.05) is 30.4 Å². The quantitative estimate of drug-likeness (QED) is 0.627. The van der Waals surface area contributed by atoms with Crippen LogP contribution in [0.1, 0.15) is 19.0 Å². The molecule has 1 aliphatic heterocycles. The summed E-state index contributed by atoms with van der Waals surface area (Å²) in [6.07, 6.45) is 4.87. The molecule has 0 spiro atoms. The van der Waals surface area contributed by atoms with E-state index in [0.717, 1.165) is 6.42 Å². The summed E-state index contributed by atoms with van der Waals surface area (Å²) in [4.78, 5) is 30.8. The van der Waals surface area contributed by atoms with E-state index in [4.69, 9.17) is 5.73 Å². The normalized spacial score (nSPS) is 16.8. The summed E-state index contributed by atoms with van der Waals surface area (Å²) in [5.74, 6) is -0.650. The first-order valence-corrected chi connectivity index (χ1v) is 10.2. The van der Waals surface area contributed by atoms with E-state index >= 15 is 4.39 Å². The standard InChI is InChI=1S/C24H22FN5O2/c1-16-10-13-29(24(16)32)18-7-8-21(19(25)15-18)30-14-11-22(31)23(28-30)20(9-12-26)27-17-5-3-2-4-6-17/h2-9,11-12,14-16H,10,13,26H2,1H3. The number of amides is 1. The Bertz CT molecular complexity index is 1270. The molecule has 1 fully saturated rings. The zero-order chi connectivity index (χ0) is 22.7. The molecule has 0 radical (unpaired) electrons. The van der Waals surface area contributed by atoms with Crippen molar-refractivity contribution in [1.82, 2.24) is 9.78 Å². The third-order valence-electron chi connectivity index (χ3n) is 5.27. The molecule has 162 valence electrons. The van der Waals surface area contributed by atoms with Crippen LogP contribution in [0.15, 0.2) is 82.9 Å². The van der Waals surface area contributed by atoms with Crippen LogP contribution >= 0.6 is 0 Å². The summed E-state index contributed by atoms with van der Waals surface area (Å²) < 4.78 is 16.3. The van der Waals surface area contributed by atoms with Crippen molar-refractivity contribution in [2.24, 2.45) is 16.6 Å². The number of hydrogen-bond donors (Lipinski definition) is 1. The number of carbonyl (C=O) groups is 1. The fraction of sp³-hybridized carbons (Fsp3) is 0.167. The minimum absolute atomic E-state index is 0.0174. The third kappa shape index (κ3) is 4.20. The highest BCUT2D eigenvalue weighted by molar-refractivity contribution is 6.08. The van der Waals surface area contributed by atoms with Gasteiger partial charge in [-0.15, -0.1) is 0 Å². The summed E-state index contributed by atoms with van der Waals surface area (Å²) in [5, 5.41) is 4.32. The number of aromatic nitrogens is 2. The van der Waals surface area contributed by atoms with Crippen molar-refractivity contribution in [3.05, 3.63) is 94.8 Å². The van der Waals surface area contributed by atoms with Crippen LogP contribution in [0.2, 0.25) is 0 Å². The second-order valence-electron chi connectivity index (χ2n) is 7.48. The molecule has 2 N–H and O–H groups in total. The fourth-order valence-corrected chi connectivity index (χ4v) is 3.55. The fourth-order valence-electron chi connectivity index (χ4n) is 3.55. The number of benzene rings is 2. The maximum Gasteiger partial charge on any atom is 0.229 e. The van der Waals surface area contributed by atoms with E-state index in [1.54, 1.807) is 23.1 Å². The molecule has 2 aromatic carbocycles. The lowest BCUT2D eigenvalue weighted by atomic mass is 10.1. The van der Waals surface area contributed by atoms with Gasteiger partial charge in [-0.2, -0.15) is 5.10 Å². The van der Waals surface area contributed by atoms with Gasteiger partial charge in [0.1, 0.15) is 5.69 Å². The average Bonchev–Trinajstić information content (AvgIpc) is 3.13. The van der Waals surface area contributed by atoms with Crippen molar-refractivity contribution in [1.29, 1.82) is 0 Å². The molecule has 8 heteroatoms. The number of rotatable bonds is 5. The van der Waals surface area contributed by atoms with E-state index in [1.165, 1.54) is 41.4 Å². The van der Waals surface area contributed by atoms with Crippen molar-refractivity contribution in [2.45, 2.75) is 13.3 Å². The second kappa shape index (κ2) is 8.97. The molecule has 1 amide bonds. The summed E-state index contributed by atoms with van der Waals surface area (Å²) >= 11 is 0. The molecule has 0 saturated carbocycles. The van der Waals surface area contributed by atoms with Crippen molar-refractivity contribution in [3.63, 3.8) is 0 Å². The van der Waals surface area contributed by atoms with Gasteiger partial charge in [0.2, 0.25) is 11.3 Å². The van der Waals surface area contributed by atoms with Crippen LogP contribution in [0.25, 0.3) is 5.69 Å². The molecule has 1 aromatic heterocycles. The van der Waals surface area contributed by atoms with Gasteiger partial charge in [-0.3, -0.25) is 9.59 Å². The molecule has 3 aromatic rings.